The number of hydrogen-bond acceptors (Lipinski definition) is 4. The van der Waals surface area contributed by atoms with Gasteiger partial charge in [-0.1, -0.05) is 0 Å². The highest BCUT2D eigenvalue weighted by molar-refractivity contribution is 5.89. The molecule has 1 aliphatic heterocycles. The van der Waals surface area contributed by atoms with E-state index in [1.165, 1.54) is 0 Å². The van der Waals surface area contributed by atoms with E-state index >= 15 is 0 Å². The van der Waals surface area contributed by atoms with Crippen molar-refractivity contribution >= 4 is 17.8 Å². The molecule has 2 aliphatic rings. The van der Waals surface area contributed by atoms with Crippen molar-refractivity contribution in [1.29, 1.82) is 0 Å². The Morgan fingerprint density at radius 1 is 1.26 bits per heavy atom. The molecule has 0 aromatic carbocycles. The quantitative estimate of drug-likeness (QED) is 0.531. The summed E-state index contributed by atoms with van der Waals surface area (Å²) in [4.78, 5) is 33.4. The van der Waals surface area contributed by atoms with Crippen molar-refractivity contribution in [3.05, 3.63) is 0 Å². The summed E-state index contributed by atoms with van der Waals surface area (Å²) in [6.07, 6.45) is 2.02. The molecule has 1 saturated carbocycles. The van der Waals surface area contributed by atoms with Crippen LogP contribution in [-0.2, 0) is 14.4 Å². The Hall–Kier alpha value is -1.63. The van der Waals surface area contributed by atoms with Crippen molar-refractivity contribution < 1.29 is 24.6 Å². The monoisotopic (exact) mass is 270 g/mol. The van der Waals surface area contributed by atoms with E-state index in [4.69, 9.17) is 10.2 Å². The fraction of sp³-hybridized carbons (Fsp3) is 0.750. The van der Waals surface area contributed by atoms with Crippen LogP contribution in [0.15, 0.2) is 0 Å². The maximum Gasteiger partial charge on any atom is 0.326 e. The summed E-state index contributed by atoms with van der Waals surface area (Å²) >= 11 is 0. The number of aliphatic carboxylic acids is 2. The van der Waals surface area contributed by atoms with Crippen LogP contribution < -0.4 is 10.6 Å². The van der Waals surface area contributed by atoms with Gasteiger partial charge >= 0.3 is 11.9 Å². The van der Waals surface area contributed by atoms with Gasteiger partial charge in [0.2, 0.25) is 5.91 Å². The smallest absolute Gasteiger partial charge is 0.326 e. The lowest BCUT2D eigenvalue weighted by molar-refractivity contribution is -0.147. The second-order valence-corrected chi connectivity index (χ2v) is 5.37. The third kappa shape index (κ3) is 3.04. The molecule has 7 nitrogen and oxygen atoms in total. The molecular weight excluding hydrogens is 252 g/mol. The lowest BCUT2D eigenvalue weighted by Crippen LogP contribution is -2.44. The number of nitrogens with one attached hydrogen (secondary N) is 2. The molecule has 2 rings (SSSR count). The van der Waals surface area contributed by atoms with Crippen LogP contribution in [0.1, 0.15) is 25.7 Å². The maximum atomic E-state index is 12.0. The number of piperidine rings is 1. The lowest BCUT2D eigenvalue weighted by Gasteiger charge is -2.23. The zero-order valence-corrected chi connectivity index (χ0v) is 10.5. The second kappa shape index (κ2) is 5.16. The van der Waals surface area contributed by atoms with E-state index in [2.05, 4.69) is 10.6 Å². The molecular formula is C12H18N2O5. The lowest BCUT2D eigenvalue weighted by atomic mass is 9.91. The summed E-state index contributed by atoms with van der Waals surface area (Å²) in [6, 6.07) is -1.34. The molecule has 106 valence electrons. The van der Waals surface area contributed by atoms with Crippen LogP contribution in [0.2, 0.25) is 0 Å². The maximum absolute atomic E-state index is 12.0. The number of rotatable bonds is 5. The highest BCUT2D eigenvalue weighted by atomic mass is 16.4. The van der Waals surface area contributed by atoms with Gasteiger partial charge in [-0.3, -0.25) is 9.59 Å². The zero-order valence-electron chi connectivity index (χ0n) is 10.5. The number of carbonyl (C=O) groups excluding carboxylic acids is 1. The van der Waals surface area contributed by atoms with Crippen LogP contribution in [0.4, 0.5) is 0 Å². The molecule has 19 heavy (non-hydrogen) atoms. The summed E-state index contributed by atoms with van der Waals surface area (Å²) in [5.74, 6) is -3.03. The Kier molecular flexibility index (Phi) is 3.75. The van der Waals surface area contributed by atoms with Gasteiger partial charge in [-0.15, -0.1) is 0 Å². The van der Waals surface area contributed by atoms with Crippen LogP contribution >= 0.6 is 0 Å². The second-order valence-electron chi connectivity index (χ2n) is 5.37. The van der Waals surface area contributed by atoms with Gasteiger partial charge < -0.3 is 20.8 Å². The third-order valence-electron chi connectivity index (χ3n) is 4.10. The Balaban J connectivity index is 1.90. The summed E-state index contributed by atoms with van der Waals surface area (Å²) in [6.45, 7) is 1.75. The van der Waals surface area contributed by atoms with E-state index in [9.17, 15) is 14.4 Å². The van der Waals surface area contributed by atoms with Gasteiger partial charge in [-0.2, -0.15) is 0 Å². The van der Waals surface area contributed by atoms with E-state index in [0.29, 0.717) is 0 Å². The molecule has 2 unspecified atom stereocenters. The van der Waals surface area contributed by atoms with Gasteiger partial charge in [-0.05, 0) is 37.8 Å². The van der Waals surface area contributed by atoms with Crippen LogP contribution in [0.5, 0.6) is 0 Å². The van der Waals surface area contributed by atoms with E-state index in [1.807, 2.05) is 0 Å². The number of amides is 1. The Labute approximate surface area is 110 Å². The first-order valence-corrected chi connectivity index (χ1v) is 6.40. The first-order chi connectivity index (χ1) is 8.94. The van der Waals surface area contributed by atoms with E-state index in [-0.39, 0.29) is 17.2 Å². The SMILES string of the molecule is O=C(O)CC(NC(=O)C1CC12CCNCC2)C(=O)O. The van der Waals surface area contributed by atoms with Crippen LogP contribution in [0, 0.1) is 11.3 Å². The van der Waals surface area contributed by atoms with Gasteiger partial charge in [0.25, 0.3) is 0 Å². The molecule has 1 aliphatic carbocycles. The van der Waals surface area contributed by atoms with Crippen molar-refractivity contribution in [3.8, 4) is 0 Å². The molecule has 2 fully saturated rings. The summed E-state index contributed by atoms with van der Waals surface area (Å²) in [5.41, 5.74) is 0.0155. The minimum absolute atomic E-state index is 0.0155. The standard InChI is InChI=1S/C12H18N2O5/c15-9(16)5-8(11(18)19)14-10(17)7-6-12(7)1-3-13-4-2-12/h7-8,13H,1-6H2,(H,14,17)(H,15,16)(H,18,19). The fourth-order valence-corrected chi connectivity index (χ4v) is 2.84. The van der Waals surface area contributed by atoms with Crippen molar-refractivity contribution in [2.75, 3.05) is 13.1 Å². The number of carboxylic acids is 2. The van der Waals surface area contributed by atoms with E-state index < -0.39 is 24.4 Å². The largest absolute Gasteiger partial charge is 0.481 e. The molecule has 1 heterocycles. The average Bonchev–Trinajstić information content (AvgIpc) is 3.02. The Bertz CT molecular complexity index is 403. The predicted octanol–water partition coefficient (Wildman–Crippen LogP) is -0.580. The van der Waals surface area contributed by atoms with Crippen molar-refractivity contribution in [2.24, 2.45) is 11.3 Å². The Morgan fingerprint density at radius 2 is 1.89 bits per heavy atom. The van der Waals surface area contributed by atoms with Crippen LogP contribution in [-0.4, -0.2) is 47.2 Å². The minimum Gasteiger partial charge on any atom is -0.481 e. The molecule has 1 saturated heterocycles. The van der Waals surface area contributed by atoms with Crippen LogP contribution in [0.25, 0.3) is 0 Å². The minimum atomic E-state index is -1.34. The molecule has 0 aromatic rings. The molecule has 7 heteroatoms. The van der Waals surface area contributed by atoms with Crippen LogP contribution in [0.3, 0.4) is 0 Å². The van der Waals surface area contributed by atoms with Gasteiger partial charge in [-0.25, -0.2) is 4.79 Å². The first kappa shape index (κ1) is 13.8. The first-order valence-electron chi connectivity index (χ1n) is 6.40. The zero-order chi connectivity index (χ0) is 14.0. The molecule has 0 aromatic heterocycles. The van der Waals surface area contributed by atoms with Gasteiger partial charge in [0.1, 0.15) is 6.04 Å². The fourth-order valence-electron chi connectivity index (χ4n) is 2.84. The molecule has 1 spiro atoms. The number of hydrogen-bond donors (Lipinski definition) is 4. The molecule has 2 atom stereocenters. The van der Waals surface area contributed by atoms with Gasteiger partial charge in [0.15, 0.2) is 0 Å². The molecule has 1 amide bonds. The van der Waals surface area contributed by atoms with Gasteiger partial charge in [0.05, 0.1) is 6.42 Å². The average molecular weight is 270 g/mol. The summed E-state index contributed by atoms with van der Waals surface area (Å²) < 4.78 is 0. The van der Waals surface area contributed by atoms with Crippen molar-refractivity contribution in [3.63, 3.8) is 0 Å². The van der Waals surface area contributed by atoms with E-state index in [0.717, 1.165) is 32.4 Å². The molecule has 0 bridgehead atoms. The highest BCUT2D eigenvalue weighted by Gasteiger charge is 2.57. The third-order valence-corrected chi connectivity index (χ3v) is 4.10. The summed E-state index contributed by atoms with van der Waals surface area (Å²) in [7, 11) is 0. The summed E-state index contributed by atoms with van der Waals surface area (Å²) in [5, 5.41) is 23.1. The molecule has 0 radical (unpaired) electrons. The predicted molar refractivity (Wildman–Crippen MR) is 64.5 cm³/mol. The number of carbonyl (C=O) groups is 3. The van der Waals surface area contributed by atoms with Crippen molar-refractivity contribution in [2.45, 2.75) is 31.7 Å². The normalized spacial score (nSPS) is 25.6. The van der Waals surface area contributed by atoms with Gasteiger partial charge in [0, 0.05) is 5.92 Å². The highest BCUT2D eigenvalue weighted by Crippen LogP contribution is 2.58. The topological polar surface area (TPSA) is 116 Å². The van der Waals surface area contributed by atoms with Crippen molar-refractivity contribution in [1.82, 2.24) is 10.6 Å². The van der Waals surface area contributed by atoms with E-state index in [1.54, 1.807) is 0 Å². The molecule has 4 N–H and O–H groups in total. The number of carboxylic acid groups (broad SMARTS) is 2. The Morgan fingerprint density at radius 3 is 2.42 bits per heavy atom.